The first-order valence-corrected chi connectivity index (χ1v) is 6.24. The number of hydrogen-bond donors (Lipinski definition) is 1. The highest BCUT2D eigenvalue weighted by Gasteiger charge is 2.17. The van der Waals surface area contributed by atoms with E-state index in [1.165, 1.54) is 0 Å². The number of anilines is 1. The van der Waals surface area contributed by atoms with E-state index in [-0.39, 0.29) is 17.2 Å². The van der Waals surface area contributed by atoms with E-state index in [1.54, 1.807) is 18.2 Å². The van der Waals surface area contributed by atoms with Gasteiger partial charge in [-0.3, -0.25) is 0 Å². The average molecular weight is 308 g/mol. The molecule has 5 nitrogen and oxygen atoms in total. The first-order chi connectivity index (χ1) is 10.1. The molecule has 0 aliphatic carbocycles. The predicted octanol–water partition coefficient (Wildman–Crippen LogP) is 2.84. The van der Waals surface area contributed by atoms with Crippen molar-refractivity contribution in [1.82, 2.24) is 20.2 Å². The maximum absolute atomic E-state index is 13.9. The van der Waals surface area contributed by atoms with Gasteiger partial charge in [-0.25, -0.2) is 8.78 Å². The largest absolute Gasteiger partial charge is 0.397 e. The Kier molecular flexibility index (Phi) is 3.26. The molecule has 8 heteroatoms. The molecule has 21 heavy (non-hydrogen) atoms. The Labute approximate surface area is 123 Å². The van der Waals surface area contributed by atoms with Gasteiger partial charge < -0.3 is 5.73 Å². The quantitative estimate of drug-likeness (QED) is 0.739. The minimum absolute atomic E-state index is 0.116. The van der Waals surface area contributed by atoms with Crippen molar-refractivity contribution in [1.29, 1.82) is 0 Å². The van der Waals surface area contributed by atoms with E-state index in [1.807, 2.05) is 0 Å². The molecule has 0 fully saturated rings. The summed E-state index contributed by atoms with van der Waals surface area (Å²) < 4.78 is 28.3. The molecule has 2 N–H and O–H groups in total. The minimum Gasteiger partial charge on any atom is -0.397 e. The molecule has 1 heterocycles. The summed E-state index contributed by atoms with van der Waals surface area (Å²) in [4.78, 5) is 0. The van der Waals surface area contributed by atoms with Gasteiger partial charge in [0, 0.05) is 11.6 Å². The van der Waals surface area contributed by atoms with Gasteiger partial charge >= 0.3 is 0 Å². The van der Waals surface area contributed by atoms with Gasteiger partial charge in [-0.2, -0.15) is 4.68 Å². The molecule has 0 saturated carbocycles. The summed E-state index contributed by atoms with van der Waals surface area (Å²) in [5, 5.41) is 11.3. The zero-order valence-electron chi connectivity index (χ0n) is 10.5. The summed E-state index contributed by atoms with van der Waals surface area (Å²) in [6, 6.07) is 7.91. The normalized spacial score (nSPS) is 10.8. The van der Waals surface area contributed by atoms with E-state index in [4.69, 9.17) is 17.3 Å². The second-order valence-corrected chi connectivity index (χ2v) is 4.62. The molecule has 0 aliphatic rings. The summed E-state index contributed by atoms with van der Waals surface area (Å²) in [6.07, 6.45) is 0. The summed E-state index contributed by atoms with van der Waals surface area (Å²) in [7, 11) is 0. The van der Waals surface area contributed by atoms with Crippen molar-refractivity contribution in [3.8, 4) is 17.1 Å². The molecule has 0 amide bonds. The van der Waals surface area contributed by atoms with Gasteiger partial charge in [0.1, 0.15) is 17.3 Å². The fourth-order valence-electron chi connectivity index (χ4n) is 1.90. The molecule has 0 bridgehead atoms. The van der Waals surface area contributed by atoms with E-state index in [9.17, 15) is 8.78 Å². The summed E-state index contributed by atoms with van der Waals surface area (Å²) >= 11 is 5.95. The highest BCUT2D eigenvalue weighted by Crippen LogP contribution is 2.31. The first-order valence-electron chi connectivity index (χ1n) is 5.86. The van der Waals surface area contributed by atoms with Crippen molar-refractivity contribution < 1.29 is 8.78 Å². The van der Waals surface area contributed by atoms with Crippen molar-refractivity contribution in [3.63, 3.8) is 0 Å². The lowest BCUT2D eigenvalue weighted by atomic mass is 10.1. The van der Waals surface area contributed by atoms with Gasteiger partial charge in [-0.1, -0.05) is 17.7 Å². The van der Waals surface area contributed by atoms with Gasteiger partial charge in [-0.05, 0) is 34.7 Å². The van der Waals surface area contributed by atoms with Crippen LogP contribution in [0.1, 0.15) is 0 Å². The number of nitrogen functional groups attached to an aromatic ring is 1. The maximum atomic E-state index is 13.9. The second kappa shape index (κ2) is 5.10. The van der Waals surface area contributed by atoms with Crippen LogP contribution in [0.4, 0.5) is 14.5 Å². The molecule has 0 atom stereocenters. The molecule has 1 aromatic heterocycles. The molecule has 106 valence electrons. The molecule has 0 aliphatic heterocycles. The first kappa shape index (κ1) is 13.4. The summed E-state index contributed by atoms with van der Waals surface area (Å²) in [5.41, 5.74) is 6.45. The average Bonchev–Trinajstić information content (AvgIpc) is 2.93. The zero-order chi connectivity index (χ0) is 15.0. The Hall–Kier alpha value is -2.54. The maximum Gasteiger partial charge on any atom is 0.189 e. The van der Waals surface area contributed by atoms with Crippen LogP contribution in [0.3, 0.4) is 0 Å². The predicted molar refractivity (Wildman–Crippen MR) is 73.9 cm³/mol. The number of halogens is 3. The molecule has 0 radical (unpaired) electrons. The number of aromatic nitrogens is 4. The van der Waals surface area contributed by atoms with Crippen LogP contribution < -0.4 is 5.73 Å². The van der Waals surface area contributed by atoms with Crippen molar-refractivity contribution in [2.75, 3.05) is 5.73 Å². The van der Waals surface area contributed by atoms with Crippen molar-refractivity contribution >= 4 is 17.3 Å². The minimum atomic E-state index is -0.662. The van der Waals surface area contributed by atoms with Crippen LogP contribution in [0, 0.1) is 11.6 Å². The molecule has 2 aromatic carbocycles. The Bertz CT molecular complexity index is 802. The number of benzene rings is 2. The molecule has 0 saturated heterocycles. The third-order valence-electron chi connectivity index (χ3n) is 2.90. The lowest BCUT2D eigenvalue weighted by Crippen LogP contribution is -2.04. The van der Waals surface area contributed by atoms with E-state index in [0.717, 1.165) is 22.9 Å². The number of tetrazole rings is 1. The summed E-state index contributed by atoms with van der Waals surface area (Å²) in [5.74, 6) is -1.10. The Balaban J connectivity index is 2.22. The topological polar surface area (TPSA) is 69.6 Å². The number of hydrogen-bond acceptors (Lipinski definition) is 4. The van der Waals surface area contributed by atoms with E-state index in [0.29, 0.717) is 10.6 Å². The highest BCUT2D eigenvalue weighted by molar-refractivity contribution is 6.33. The van der Waals surface area contributed by atoms with Crippen LogP contribution in [-0.4, -0.2) is 20.2 Å². The fourth-order valence-corrected chi connectivity index (χ4v) is 2.07. The van der Waals surface area contributed by atoms with Crippen LogP contribution >= 0.6 is 11.6 Å². The van der Waals surface area contributed by atoms with Gasteiger partial charge in [0.15, 0.2) is 5.82 Å². The molecular weight excluding hydrogens is 300 g/mol. The number of nitrogens with zero attached hydrogens (tertiary/aromatic N) is 4. The SMILES string of the molecule is Nc1c(Cl)cccc1-c1nnnn1-c1cc(F)ccc1F. The van der Waals surface area contributed by atoms with E-state index >= 15 is 0 Å². The van der Waals surface area contributed by atoms with Gasteiger partial charge in [0.05, 0.1) is 10.7 Å². The number of nitrogens with two attached hydrogens (primary N) is 1. The van der Waals surface area contributed by atoms with E-state index in [2.05, 4.69) is 15.5 Å². The number of rotatable bonds is 2. The third-order valence-corrected chi connectivity index (χ3v) is 3.23. The van der Waals surface area contributed by atoms with Crippen LogP contribution in [0.2, 0.25) is 5.02 Å². The smallest absolute Gasteiger partial charge is 0.189 e. The van der Waals surface area contributed by atoms with Gasteiger partial charge in [0.2, 0.25) is 0 Å². The lowest BCUT2D eigenvalue weighted by Gasteiger charge is -2.08. The second-order valence-electron chi connectivity index (χ2n) is 4.21. The number of para-hydroxylation sites is 1. The van der Waals surface area contributed by atoms with Crippen molar-refractivity contribution in [3.05, 3.63) is 53.1 Å². The molecule has 0 spiro atoms. The van der Waals surface area contributed by atoms with Crippen molar-refractivity contribution in [2.24, 2.45) is 0 Å². The summed E-state index contributed by atoms with van der Waals surface area (Å²) in [6.45, 7) is 0. The van der Waals surface area contributed by atoms with Crippen LogP contribution in [0.5, 0.6) is 0 Å². The molecule has 3 rings (SSSR count). The van der Waals surface area contributed by atoms with Crippen LogP contribution in [0.25, 0.3) is 17.1 Å². The van der Waals surface area contributed by atoms with E-state index < -0.39 is 11.6 Å². The van der Waals surface area contributed by atoms with Gasteiger partial charge in [-0.15, -0.1) is 5.10 Å². The molecule has 0 unspecified atom stereocenters. The molecule has 3 aromatic rings. The fraction of sp³-hybridized carbons (Fsp3) is 0. The highest BCUT2D eigenvalue weighted by atomic mass is 35.5. The third kappa shape index (κ3) is 2.31. The van der Waals surface area contributed by atoms with Gasteiger partial charge in [0.25, 0.3) is 0 Å². The monoisotopic (exact) mass is 307 g/mol. The zero-order valence-corrected chi connectivity index (χ0v) is 11.2. The van der Waals surface area contributed by atoms with Crippen LogP contribution in [0.15, 0.2) is 36.4 Å². The molecular formula is C13H8ClF2N5. The lowest BCUT2D eigenvalue weighted by molar-refractivity contribution is 0.584. The van der Waals surface area contributed by atoms with Crippen molar-refractivity contribution in [2.45, 2.75) is 0 Å². The van der Waals surface area contributed by atoms with Crippen LogP contribution in [-0.2, 0) is 0 Å². The Morgan fingerprint density at radius 2 is 1.95 bits per heavy atom. The Morgan fingerprint density at radius 1 is 1.14 bits per heavy atom. The standard InChI is InChI=1S/C13H8ClF2N5/c14-9-3-1-2-8(12(9)17)13-18-19-20-21(13)11-6-7(15)4-5-10(11)16/h1-6H,17H2. The Morgan fingerprint density at radius 3 is 2.76 bits per heavy atom.